The summed E-state index contributed by atoms with van der Waals surface area (Å²) in [5.74, 6) is 0.556. The van der Waals surface area contributed by atoms with E-state index in [1.165, 1.54) is 0 Å². The van der Waals surface area contributed by atoms with Crippen molar-refractivity contribution in [3.63, 3.8) is 0 Å². The van der Waals surface area contributed by atoms with Gasteiger partial charge in [0.1, 0.15) is 16.9 Å². The maximum atomic E-state index is 8.86. The molecule has 0 unspecified atom stereocenters. The SMILES string of the molecule is CN(C)C(C)(C)CNc1nccc(C#N)c1Cl. The lowest BCUT2D eigenvalue weighted by molar-refractivity contribution is 0.210. The Balaban J connectivity index is 2.81. The van der Waals surface area contributed by atoms with Crippen LogP contribution in [0.25, 0.3) is 0 Å². The molecule has 5 heteroatoms. The predicted molar refractivity (Wildman–Crippen MR) is 70.2 cm³/mol. The van der Waals surface area contributed by atoms with E-state index in [0.717, 1.165) is 0 Å². The van der Waals surface area contributed by atoms with E-state index in [0.29, 0.717) is 22.9 Å². The van der Waals surface area contributed by atoms with Crippen LogP contribution in [0.15, 0.2) is 12.3 Å². The number of halogens is 1. The van der Waals surface area contributed by atoms with Crippen molar-refractivity contribution in [1.82, 2.24) is 9.88 Å². The standard InChI is InChI=1S/C12H17ClN4/c1-12(2,17(3)4)8-16-11-10(13)9(7-14)5-6-15-11/h5-6H,8H2,1-4H3,(H,15,16). The molecule has 1 heterocycles. The summed E-state index contributed by atoms with van der Waals surface area (Å²) < 4.78 is 0. The number of nitrogens with one attached hydrogen (secondary N) is 1. The van der Waals surface area contributed by atoms with E-state index in [1.807, 2.05) is 20.2 Å². The van der Waals surface area contributed by atoms with Crippen LogP contribution >= 0.6 is 11.6 Å². The third kappa shape index (κ3) is 3.32. The summed E-state index contributed by atoms with van der Waals surface area (Å²) in [5.41, 5.74) is 0.417. The number of nitrogens with zero attached hydrogens (tertiary/aromatic N) is 3. The van der Waals surface area contributed by atoms with Crippen LogP contribution in [-0.4, -0.2) is 36.1 Å². The fourth-order valence-electron chi connectivity index (χ4n) is 1.11. The summed E-state index contributed by atoms with van der Waals surface area (Å²) in [4.78, 5) is 6.25. The van der Waals surface area contributed by atoms with Gasteiger partial charge in [-0.2, -0.15) is 5.26 Å². The molecule has 0 aromatic carbocycles. The molecule has 1 aromatic heterocycles. The third-order valence-corrected chi connectivity index (χ3v) is 3.29. The number of nitriles is 1. The molecule has 1 rings (SSSR count). The largest absolute Gasteiger partial charge is 0.367 e. The highest BCUT2D eigenvalue weighted by atomic mass is 35.5. The molecule has 0 fully saturated rings. The van der Waals surface area contributed by atoms with Crippen molar-refractivity contribution in [2.45, 2.75) is 19.4 Å². The second kappa shape index (κ2) is 5.35. The van der Waals surface area contributed by atoms with Gasteiger partial charge >= 0.3 is 0 Å². The lowest BCUT2D eigenvalue weighted by atomic mass is 10.0. The molecule has 1 aromatic rings. The minimum atomic E-state index is -0.0202. The van der Waals surface area contributed by atoms with Crippen LogP contribution in [0.1, 0.15) is 19.4 Å². The van der Waals surface area contributed by atoms with Crippen LogP contribution in [0, 0.1) is 11.3 Å². The summed E-state index contributed by atoms with van der Waals surface area (Å²) in [6.45, 7) is 4.92. The average Bonchev–Trinajstić information content (AvgIpc) is 2.27. The minimum Gasteiger partial charge on any atom is -0.367 e. The van der Waals surface area contributed by atoms with Gasteiger partial charge in [0.25, 0.3) is 0 Å². The molecular formula is C12H17ClN4. The van der Waals surface area contributed by atoms with Gasteiger partial charge in [0, 0.05) is 18.3 Å². The highest BCUT2D eigenvalue weighted by Gasteiger charge is 2.20. The molecule has 0 saturated heterocycles. The van der Waals surface area contributed by atoms with Crippen molar-refractivity contribution in [3.8, 4) is 6.07 Å². The number of hydrogen-bond acceptors (Lipinski definition) is 4. The Morgan fingerprint density at radius 2 is 2.18 bits per heavy atom. The Kier molecular flexibility index (Phi) is 4.33. The topological polar surface area (TPSA) is 52.0 Å². The first-order valence-corrected chi connectivity index (χ1v) is 5.72. The molecule has 0 spiro atoms. The maximum Gasteiger partial charge on any atom is 0.146 e. The van der Waals surface area contributed by atoms with Gasteiger partial charge in [-0.25, -0.2) is 4.98 Å². The van der Waals surface area contributed by atoms with E-state index in [9.17, 15) is 0 Å². The van der Waals surface area contributed by atoms with Crippen LogP contribution in [0.2, 0.25) is 5.02 Å². The Bertz CT molecular complexity index is 435. The van der Waals surface area contributed by atoms with Crippen molar-refractivity contribution < 1.29 is 0 Å². The quantitative estimate of drug-likeness (QED) is 0.894. The molecule has 0 amide bonds. The van der Waals surface area contributed by atoms with E-state index in [-0.39, 0.29) is 5.54 Å². The summed E-state index contributed by atoms with van der Waals surface area (Å²) in [5, 5.41) is 12.4. The van der Waals surface area contributed by atoms with Crippen molar-refractivity contribution in [3.05, 3.63) is 22.8 Å². The predicted octanol–water partition coefficient (Wildman–Crippen LogP) is 2.36. The summed E-state index contributed by atoms with van der Waals surface area (Å²) in [7, 11) is 4.03. The normalized spacial score (nSPS) is 11.4. The first-order chi connectivity index (χ1) is 7.88. The second-order valence-electron chi connectivity index (χ2n) is 4.69. The van der Waals surface area contributed by atoms with Crippen LogP contribution < -0.4 is 5.32 Å². The lowest BCUT2D eigenvalue weighted by Crippen LogP contribution is -2.44. The average molecular weight is 253 g/mol. The van der Waals surface area contributed by atoms with E-state index in [2.05, 4.69) is 29.0 Å². The molecule has 0 aliphatic rings. The van der Waals surface area contributed by atoms with Gasteiger partial charge in [0.15, 0.2) is 0 Å². The monoisotopic (exact) mass is 252 g/mol. The zero-order valence-corrected chi connectivity index (χ0v) is 11.3. The number of pyridine rings is 1. The van der Waals surface area contributed by atoms with Crippen molar-refractivity contribution in [2.24, 2.45) is 0 Å². The fourth-order valence-corrected chi connectivity index (χ4v) is 1.33. The van der Waals surface area contributed by atoms with E-state index in [1.54, 1.807) is 12.3 Å². The smallest absolute Gasteiger partial charge is 0.146 e. The number of aromatic nitrogens is 1. The summed E-state index contributed by atoms with van der Waals surface area (Å²) in [6.07, 6.45) is 1.58. The first kappa shape index (κ1) is 13.8. The Labute approximate surface area is 107 Å². The molecule has 0 saturated carbocycles. The van der Waals surface area contributed by atoms with Gasteiger partial charge in [-0.05, 0) is 34.0 Å². The molecule has 0 aliphatic heterocycles. The minimum absolute atomic E-state index is 0.0202. The van der Waals surface area contributed by atoms with Gasteiger partial charge in [-0.3, -0.25) is 0 Å². The molecule has 0 atom stereocenters. The number of hydrogen-bond donors (Lipinski definition) is 1. The Hall–Kier alpha value is -1.31. The van der Waals surface area contributed by atoms with Gasteiger partial charge in [0.2, 0.25) is 0 Å². The van der Waals surface area contributed by atoms with Crippen molar-refractivity contribution in [1.29, 1.82) is 5.26 Å². The maximum absolute atomic E-state index is 8.86. The highest BCUT2D eigenvalue weighted by molar-refractivity contribution is 6.34. The van der Waals surface area contributed by atoms with Gasteiger partial charge in [-0.1, -0.05) is 11.6 Å². The van der Waals surface area contributed by atoms with Gasteiger partial charge in [-0.15, -0.1) is 0 Å². The van der Waals surface area contributed by atoms with Gasteiger partial charge < -0.3 is 10.2 Å². The lowest BCUT2D eigenvalue weighted by Gasteiger charge is -2.32. The Morgan fingerprint density at radius 1 is 1.53 bits per heavy atom. The van der Waals surface area contributed by atoms with Crippen molar-refractivity contribution >= 4 is 17.4 Å². The van der Waals surface area contributed by atoms with E-state index >= 15 is 0 Å². The van der Waals surface area contributed by atoms with Crippen LogP contribution in [0.4, 0.5) is 5.82 Å². The number of rotatable bonds is 4. The molecule has 92 valence electrons. The molecule has 17 heavy (non-hydrogen) atoms. The number of likely N-dealkylation sites (N-methyl/N-ethyl adjacent to an activating group) is 1. The number of anilines is 1. The fraction of sp³-hybridized carbons (Fsp3) is 0.500. The molecule has 1 N–H and O–H groups in total. The molecule has 0 bridgehead atoms. The summed E-state index contributed by atoms with van der Waals surface area (Å²) in [6, 6.07) is 3.63. The molecule has 4 nitrogen and oxygen atoms in total. The molecular weight excluding hydrogens is 236 g/mol. The van der Waals surface area contributed by atoms with Gasteiger partial charge in [0.05, 0.1) is 5.56 Å². The van der Waals surface area contributed by atoms with E-state index < -0.39 is 0 Å². The zero-order chi connectivity index (χ0) is 13.1. The van der Waals surface area contributed by atoms with Crippen LogP contribution in [0.3, 0.4) is 0 Å². The zero-order valence-electron chi connectivity index (χ0n) is 10.6. The van der Waals surface area contributed by atoms with E-state index in [4.69, 9.17) is 16.9 Å². The second-order valence-corrected chi connectivity index (χ2v) is 5.07. The first-order valence-electron chi connectivity index (χ1n) is 5.34. The molecule has 0 radical (unpaired) electrons. The summed E-state index contributed by atoms with van der Waals surface area (Å²) >= 11 is 6.06. The third-order valence-electron chi connectivity index (χ3n) is 2.91. The molecule has 0 aliphatic carbocycles. The van der Waals surface area contributed by atoms with Crippen LogP contribution in [-0.2, 0) is 0 Å². The highest BCUT2D eigenvalue weighted by Crippen LogP contribution is 2.23. The Morgan fingerprint density at radius 3 is 2.71 bits per heavy atom. The van der Waals surface area contributed by atoms with Crippen LogP contribution in [0.5, 0.6) is 0 Å². The van der Waals surface area contributed by atoms with Crippen molar-refractivity contribution in [2.75, 3.05) is 26.0 Å².